The van der Waals surface area contributed by atoms with E-state index in [1.807, 2.05) is 0 Å². The third-order valence-electron chi connectivity index (χ3n) is 7.38. The number of hydrogen-bond donors (Lipinski definition) is 3. The van der Waals surface area contributed by atoms with E-state index in [-0.39, 0.29) is 34.4 Å². The van der Waals surface area contributed by atoms with E-state index in [0.717, 1.165) is 25.3 Å². The summed E-state index contributed by atoms with van der Waals surface area (Å²) in [6.45, 7) is 2.75. The SMILES string of the molecule is Cc1cc(C(F)(F)F)nc(C)c1C(=O)Nc1ccc(C[C@H](NC(=S)C2(CCCCS(C)(=O)=O)CCC2)C(=O)O)cc1. The summed E-state index contributed by atoms with van der Waals surface area (Å²) in [7, 11) is -3.04. The molecular weight excluding hydrogens is 579 g/mol. The zero-order valence-corrected chi connectivity index (χ0v) is 24.7. The van der Waals surface area contributed by atoms with Crippen LogP contribution >= 0.6 is 12.2 Å². The molecule has 0 aliphatic heterocycles. The Kier molecular flexibility index (Phi) is 10.2. The number of nitrogens with one attached hydrogen (secondary N) is 2. The number of alkyl halides is 3. The molecular formula is C28H34F3N3O5S2. The molecule has 0 saturated heterocycles. The third kappa shape index (κ3) is 8.71. The van der Waals surface area contributed by atoms with Crippen molar-refractivity contribution >= 4 is 44.6 Å². The highest BCUT2D eigenvalue weighted by molar-refractivity contribution is 7.90. The van der Waals surface area contributed by atoms with Crippen LogP contribution < -0.4 is 10.6 Å². The number of aliphatic carboxylic acids is 1. The third-order valence-corrected chi connectivity index (χ3v) is 8.96. The summed E-state index contributed by atoms with van der Waals surface area (Å²) in [5.74, 6) is -1.57. The van der Waals surface area contributed by atoms with Gasteiger partial charge in [-0.15, -0.1) is 0 Å². The number of benzene rings is 1. The molecule has 1 aliphatic carbocycles. The number of hydrogen-bond acceptors (Lipinski definition) is 6. The summed E-state index contributed by atoms with van der Waals surface area (Å²) in [6.07, 6.45) is 1.24. The number of sulfone groups is 1. The van der Waals surface area contributed by atoms with E-state index in [9.17, 15) is 36.3 Å². The molecule has 3 N–H and O–H groups in total. The number of carbonyl (C=O) groups is 2. The molecule has 3 rings (SSSR count). The average molecular weight is 614 g/mol. The lowest BCUT2D eigenvalue weighted by atomic mass is 9.65. The van der Waals surface area contributed by atoms with Crippen LogP contribution in [-0.4, -0.2) is 53.4 Å². The van der Waals surface area contributed by atoms with Gasteiger partial charge in [-0.25, -0.2) is 18.2 Å². The molecule has 1 heterocycles. The Morgan fingerprint density at radius 1 is 1.15 bits per heavy atom. The van der Waals surface area contributed by atoms with Gasteiger partial charge in [-0.05, 0) is 68.9 Å². The lowest BCUT2D eigenvalue weighted by Crippen LogP contribution is -2.51. The number of aromatic nitrogens is 1. The maximum absolute atomic E-state index is 13.0. The van der Waals surface area contributed by atoms with Crippen LogP contribution in [0.1, 0.15) is 71.4 Å². The number of carboxylic acids is 1. The maximum atomic E-state index is 13.0. The normalized spacial score (nSPS) is 15.5. The van der Waals surface area contributed by atoms with Crippen molar-refractivity contribution in [1.29, 1.82) is 0 Å². The summed E-state index contributed by atoms with van der Waals surface area (Å²) >= 11 is 5.63. The van der Waals surface area contributed by atoms with Crippen molar-refractivity contribution in [2.75, 3.05) is 17.3 Å². The molecule has 224 valence electrons. The highest BCUT2D eigenvalue weighted by Crippen LogP contribution is 2.46. The first-order valence-electron chi connectivity index (χ1n) is 13.2. The first-order valence-corrected chi connectivity index (χ1v) is 15.6. The van der Waals surface area contributed by atoms with Crippen LogP contribution in [0.5, 0.6) is 0 Å². The Morgan fingerprint density at radius 2 is 1.78 bits per heavy atom. The fourth-order valence-electron chi connectivity index (χ4n) is 5.01. The maximum Gasteiger partial charge on any atom is 0.433 e. The van der Waals surface area contributed by atoms with E-state index in [2.05, 4.69) is 15.6 Å². The van der Waals surface area contributed by atoms with Gasteiger partial charge in [0.1, 0.15) is 21.6 Å². The summed E-state index contributed by atoms with van der Waals surface area (Å²) in [5.41, 5.74) is -0.183. The van der Waals surface area contributed by atoms with Crippen LogP contribution in [-0.2, 0) is 27.2 Å². The number of nitrogens with zero attached hydrogens (tertiary/aromatic N) is 1. The van der Waals surface area contributed by atoms with E-state index in [0.29, 0.717) is 35.5 Å². The van der Waals surface area contributed by atoms with Crippen LogP contribution in [0.4, 0.5) is 18.9 Å². The van der Waals surface area contributed by atoms with Gasteiger partial charge in [0.05, 0.1) is 16.2 Å². The lowest BCUT2D eigenvalue weighted by molar-refractivity contribution is -0.141. The van der Waals surface area contributed by atoms with Crippen molar-refractivity contribution < 1.29 is 36.3 Å². The van der Waals surface area contributed by atoms with Crippen LogP contribution in [0.3, 0.4) is 0 Å². The predicted molar refractivity (Wildman–Crippen MR) is 154 cm³/mol. The van der Waals surface area contributed by atoms with E-state index in [1.54, 1.807) is 24.3 Å². The lowest BCUT2D eigenvalue weighted by Gasteiger charge is -2.43. The van der Waals surface area contributed by atoms with Gasteiger partial charge in [-0.2, -0.15) is 13.2 Å². The number of carboxylic acid groups (broad SMARTS) is 1. The zero-order chi connectivity index (χ0) is 30.6. The minimum atomic E-state index is -4.62. The van der Waals surface area contributed by atoms with E-state index >= 15 is 0 Å². The second kappa shape index (κ2) is 12.8. The molecule has 0 spiro atoms. The second-order valence-electron chi connectivity index (χ2n) is 10.7. The first-order chi connectivity index (χ1) is 19.0. The van der Waals surface area contributed by atoms with Crippen molar-refractivity contribution in [3.8, 4) is 0 Å². The van der Waals surface area contributed by atoms with Crippen molar-refractivity contribution in [3.63, 3.8) is 0 Å². The molecule has 0 bridgehead atoms. The van der Waals surface area contributed by atoms with Crippen molar-refractivity contribution in [1.82, 2.24) is 10.3 Å². The molecule has 1 aromatic carbocycles. The highest BCUT2D eigenvalue weighted by atomic mass is 32.2. The smallest absolute Gasteiger partial charge is 0.433 e. The van der Waals surface area contributed by atoms with Crippen LogP contribution in [0.15, 0.2) is 30.3 Å². The number of carbonyl (C=O) groups excluding carboxylic acids is 1. The molecule has 2 aromatic rings. The second-order valence-corrected chi connectivity index (χ2v) is 13.4. The van der Waals surface area contributed by atoms with Crippen molar-refractivity contribution in [2.45, 2.75) is 71.0 Å². The molecule has 0 radical (unpaired) electrons. The van der Waals surface area contributed by atoms with Gasteiger partial charge in [0.25, 0.3) is 5.91 Å². The van der Waals surface area contributed by atoms with Crippen LogP contribution in [0, 0.1) is 19.3 Å². The Morgan fingerprint density at radius 3 is 2.27 bits per heavy atom. The molecule has 1 amide bonds. The topological polar surface area (TPSA) is 125 Å². The Hall–Kier alpha value is -3.06. The quantitative estimate of drug-likeness (QED) is 0.219. The summed E-state index contributed by atoms with van der Waals surface area (Å²) < 4.78 is 61.9. The molecule has 1 aromatic heterocycles. The molecule has 8 nitrogen and oxygen atoms in total. The van der Waals surface area contributed by atoms with Crippen molar-refractivity contribution in [2.24, 2.45) is 5.41 Å². The molecule has 1 atom stereocenters. The van der Waals surface area contributed by atoms with Crippen LogP contribution in [0.2, 0.25) is 0 Å². The number of unbranched alkanes of at least 4 members (excludes halogenated alkanes) is 1. The molecule has 13 heteroatoms. The first kappa shape index (κ1) is 32.5. The number of halogens is 3. The predicted octanol–water partition coefficient (Wildman–Crippen LogP) is 5.27. The van der Waals surface area contributed by atoms with Gasteiger partial charge in [0.2, 0.25) is 0 Å². The molecule has 1 aliphatic rings. The van der Waals surface area contributed by atoms with E-state index in [1.165, 1.54) is 20.1 Å². The van der Waals surface area contributed by atoms with Gasteiger partial charge in [-0.1, -0.05) is 37.2 Å². The number of pyridine rings is 1. The summed E-state index contributed by atoms with van der Waals surface area (Å²) in [5, 5.41) is 15.5. The standard InChI is InChI=1S/C28H34F3N3O5S2/c1-17-15-22(28(29,30)31)32-18(2)23(17)24(35)33-20-9-7-19(8-10-20)16-21(25(36)37)34-26(40)27(12-6-13-27)11-4-5-14-41(3,38)39/h7-10,15,21H,4-6,11-14,16H2,1-3H3,(H,33,35)(H,34,40)(H,36,37)/t21-/m0/s1. The Balaban J connectivity index is 1.63. The average Bonchev–Trinajstić information content (AvgIpc) is 2.82. The number of thiocarbonyl (C=S) groups is 1. The van der Waals surface area contributed by atoms with E-state index < -0.39 is 39.6 Å². The molecule has 41 heavy (non-hydrogen) atoms. The fourth-order valence-corrected chi connectivity index (χ4v) is 6.18. The number of anilines is 1. The minimum Gasteiger partial charge on any atom is -0.480 e. The fraction of sp³-hybridized carbons (Fsp3) is 0.500. The number of rotatable bonds is 12. The summed E-state index contributed by atoms with van der Waals surface area (Å²) in [4.78, 5) is 28.8. The van der Waals surface area contributed by atoms with Gasteiger partial charge in [0, 0.05) is 29.5 Å². The van der Waals surface area contributed by atoms with E-state index in [4.69, 9.17) is 12.2 Å². The van der Waals surface area contributed by atoms with Gasteiger partial charge in [-0.3, -0.25) is 4.79 Å². The molecule has 0 unspecified atom stereocenters. The molecule has 1 fully saturated rings. The monoisotopic (exact) mass is 613 g/mol. The van der Waals surface area contributed by atoms with Gasteiger partial charge in [0.15, 0.2) is 0 Å². The van der Waals surface area contributed by atoms with Crippen molar-refractivity contribution in [3.05, 3.63) is 58.4 Å². The zero-order valence-electron chi connectivity index (χ0n) is 23.1. The van der Waals surface area contributed by atoms with Gasteiger partial charge < -0.3 is 15.7 Å². The molecule has 1 saturated carbocycles. The summed E-state index contributed by atoms with van der Waals surface area (Å²) in [6, 6.07) is 6.33. The number of aryl methyl sites for hydroxylation is 2. The Bertz CT molecular complexity index is 1380. The largest absolute Gasteiger partial charge is 0.480 e. The highest BCUT2D eigenvalue weighted by Gasteiger charge is 2.41. The van der Waals surface area contributed by atoms with Gasteiger partial charge >= 0.3 is 12.1 Å². The number of amides is 1. The van der Waals surface area contributed by atoms with Crippen LogP contribution in [0.25, 0.3) is 0 Å². The minimum absolute atomic E-state index is 0.0441. The Labute approximate surface area is 243 Å².